The van der Waals surface area contributed by atoms with Crippen LogP contribution in [0.25, 0.3) is 0 Å². The van der Waals surface area contributed by atoms with Crippen LogP contribution < -0.4 is 10.6 Å². The number of thiocarbonyl (C=S) groups is 1. The Hall–Kier alpha value is -1.27. The Balaban J connectivity index is 2.42. The summed E-state index contributed by atoms with van der Waals surface area (Å²) in [7, 11) is 0. The Bertz CT molecular complexity index is 487. The lowest BCUT2D eigenvalue weighted by atomic mass is 10.1. The Morgan fingerprint density at radius 2 is 1.95 bits per heavy atom. The maximum atomic E-state index is 14.2. The van der Waals surface area contributed by atoms with Gasteiger partial charge in [-0.2, -0.15) is 0 Å². The molecule has 1 saturated heterocycles. The van der Waals surface area contributed by atoms with E-state index in [4.69, 9.17) is 18.0 Å². The molecule has 20 heavy (non-hydrogen) atoms. The number of aliphatic hydroxyl groups is 1. The highest BCUT2D eigenvalue weighted by molar-refractivity contribution is 7.80. The lowest BCUT2D eigenvalue weighted by molar-refractivity contribution is 0.254. The summed E-state index contributed by atoms with van der Waals surface area (Å²) in [5.74, 6) is -1.37. The second-order valence-corrected chi connectivity index (χ2v) is 5.47. The Morgan fingerprint density at radius 1 is 1.30 bits per heavy atom. The minimum absolute atomic E-state index is 0.0380. The number of benzene rings is 1. The molecule has 1 aromatic carbocycles. The monoisotopic (exact) mass is 300 g/mol. The van der Waals surface area contributed by atoms with Crippen LogP contribution in [0.5, 0.6) is 0 Å². The molecule has 1 aliphatic heterocycles. The summed E-state index contributed by atoms with van der Waals surface area (Å²) >= 11 is 4.74. The van der Waals surface area contributed by atoms with E-state index in [9.17, 15) is 13.9 Å². The fourth-order valence-electron chi connectivity index (χ4n) is 2.64. The summed E-state index contributed by atoms with van der Waals surface area (Å²) in [5, 5.41) is 9.45. The highest BCUT2D eigenvalue weighted by atomic mass is 32.1. The number of halogens is 2. The number of hydrogen-bond donors (Lipinski definition) is 2. The summed E-state index contributed by atoms with van der Waals surface area (Å²) in [6.07, 6.45) is 3.54. The summed E-state index contributed by atoms with van der Waals surface area (Å²) < 4.78 is 28.4. The highest BCUT2D eigenvalue weighted by Crippen LogP contribution is 2.30. The van der Waals surface area contributed by atoms with Gasteiger partial charge in [0.15, 0.2) is 0 Å². The number of anilines is 1. The molecule has 1 aromatic rings. The zero-order valence-electron chi connectivity index (χ0n) is 11.1. The van der Waals surface area contributed by atoms with E-state index in [1.165, 1.54) is 0 Å². The van der Waals surface area contributed by atoms with Gasteiger partial charge >= 0.3 is 0 Å². The van der Waals surface area contributed by atoms with Crippen molar-refractivity contribution in [1.82, 2.24) is 0 Å². The maximum absolute atomic E-state index is 14.2. The first-order valence-electron chi connectivity index (χ1n) is 6.71. The summed E-state index contributed by atoms with van der Waals surface area (Å²) in [6, 6.07) is 2.05. The molecule has 0 bridgehead atoms. The standard InChI is InChI=1S/C14H18F2N2OS/c15-11-6-9(14(17)20)7-12(16)13(11)18-5-3-1-2-4-10(18)8-19/h6-7,10,19H,1-5,8H2,(H2,17,20). The van der Waals surface area contributed by atoms with Crippen molar-refractivity contribution in [3.8, 4) is 0 Å². The van der Waals surface area contributed by atoms with Gasteiger partial charge in [-0.05, 0) is 25.0 Å². The van der Waals surface area contributed by atoms with Crippen molar-refractivity contribution in [3.05, 3.63) is 29.3 Å². The molecule has 2 rings (SSSR count). The molecule has 0 aliphatic carbocycles. The summed E-state index contributed by atoms with van der Waals surface area (Å²) in [5.41, 5.74) is 5.49. The first-order valence-corrected chi connectivity index (χ1v) is 7.11. The number of hydrogen-bond acceptors (Lipinski definition) is 3. The van der Waals surface area contributed by atoms with E-state index in [0.717, 1.165) is 37.8 Å². The smallest absolute Gasteiger partial charge is 0.150 e. The van der Waals surface area contributed by atoms with E-state index in [1.54, 1.807) is 4.90 Å². The van der Waals surface area contributed by atoms with Crippen LogP contribution in [0.3, 0.4) is 0 Å². The quantitative estimate of drug-likeness (QED) is 0.841. The predicted octanol–water partition coefficient (Wildman–Crippen LogP) is 2.34. The highest BCUT2D eigenvalue weighted by Gasteiger charge is 2.26. The van der Waals surface area contributed by atoms with Gasteiger partial charge in [-0.25, -0.2) is 8.78 Å². The van der Waals surface area contributed by atoms with Crippen LogP contribution in [-0.2, 0) is 0 Å². The molecular weight excluding hydrogens is 282 g/mol. The number of nitrogens with two attached hydrogens (primary N) is 1. The minimum atomic E-state index is -0.687. The molecule has 3 nitrogen and oxygen atoms in total. The lowest BCUT2D eigenvalue weighted by Crippen LogP contribution is -2.38. The lowest BCUT2D eigenvalue weighted by Gasteiger charge is -2.31. The summed E-state index contributed by atoms with van der Waals surface area (Å²) in [4.78, 5) is 1.59. The second kappa shape index (κ2) is 6.45. The number of rotatable bonds is 3. The van der Waals surface area contributed by atoms with E-state index in [-0.39, 0.29) is 28.9 Å². The minimum Gasteiger partial charge on any atom is -0.394 e. The van der Waals surface area contributed by atoms with E-state index in [2.05, 4.69) is 0 Å². The van der Waals surface area contributed by atoms with E-state index in [1.807, 2.05) is 0 Å². The average molecular weight is 300 g/mol. The van der Waals surface area contributed by atoms with Gasteiger partial charge in [0.05, 0.1) is 12.6 Å². The van der Waals surface area contributed by atoms with Crippen molar-refractivity contribution in [2.24, 2.45) is 5.73 Å². The van der Waals surface area contributed by atoms with Crippen LogP contribution in [0.4, 0.5) is 14.5 Å². The second-order valence-electron chi connectivity index (χ2n) is 5.03. The van der Waals surface area contributed by atoms with Crippen LogP contribution in [0.2, 0.25) is 0 Å². The van der Waals surface area contributed by atoms with Gasteiger partial charge in [0.2, 0.25) is 0 Å². The normalized spacial score (nSPS) is 19.8. The van der Waals surface area contributed by atoms with Crippen molar-refractivity contribution in [2.75, 3.05) is 18.1 Å². The molecule has 1 atom stereocenters. The molecule has 0 saturated carbocycles. The molecule has 0 amide bonds. The molecule has 6 heteroatoms. The fourth-order valence-corrected chi connectivity index (χ4v) is 2.76. The molecule has 1 aliphatic rings. The van der Waals surface area contributed by atoms with E-state index >= 15 is 0 Å². The van der Waals surface area contributed by atoms with Gasteiger partial charge in [-0.15, -0.1) is 0 Å². The first kappa shape index (κ1) is 15.1. The third-order valence-corrected chi connectivity index (χ3v) is 3.91. The zero-order chi connectivity index (χ0) is 14.7. The zero-order valence-corrected chi connectivity index (χ0v) is 11.9. The van der Waals surface area contributed by atoms with Gasteiger partial charge < -0.3 is 15.7 Å². The molecule has 110 valence electrons. The van der Waals surface area contributed by atoms with Crippen LogP contribution in [-0.4, -0.2) is 29.3 Å². The number of aliphatic hydroxyl groups excluding tert-OH is 1. The van der Waals surface area contributed by atoms with Gasteiger partial charge in [0, 0.05) is 12.1 Å². The van der Waals surface area contributed by atoms with Crippen molar-refractivity contribution >= 4 is 22.9 Å². The Kier molecular flexibility index (Phi) is 4.88. The molecule has 1 fully saturated rings. The van der Waals surface area contributed by atoms with Crippen molar-refractivity contribution in [3.63, 3.8) is 0 Å². The topological polar surface area (TPSA) is 49.5 Å². The third-order valence-electron chi connectivity index (χ3n) is 3.68. The third kappa shape index (κ3) is 3.07. The first-order chi connectivity index (χ1) is 9.54. The predicted molar refractivity (Wildman–Crippen MR) is 78.9 cm³/mol. The van der Waals surface area contributed by atoms with Crippen molar-refractivity contribution < 1.29 is 13.9 Å². The van der Waals surface area contributed by atoms with E-state index < -0.39 is 11.6 Å². The van der Waals surface area contributed by atoms with Gasteiger partial charge in [-0.1, -0.05) is 25.1 Å². The fraction of sp³-hybridized carbons (Fsp3) is 0.500. The maximum Gasteiger partial charge on any atom is 0.150 e. The van der Waals surface area contributed by atoms with E-state index in [0.29, 0.717) is 6.54 Å². The average Bonchev–Trinajstić information content (AvgIpc) is 2.63. The molecule has 1 unspecified atom stereocenters. The molecule has 1 heterocycles. The largest absolute Gasteiger partial charge is 0.394 e. The summed E-state index contributed by atoms with van der Waals surface area (Å²) in [6.45, 7) is 0.418. The molecule has 0 aromatic heterocycles. The molecule has 0 radical (unpaired) electrons. The Labute approximate surface area is 122 Å². The number of nitrogens with zero attached hydrogens (tertiary/aromatic N) is 1. The van der Waals surface area contributed by atoms with Crippen LogP contribution >= 0.6 is 12.2 Å². The van der Waals surface area contributed by atoms with Crippen LogP contribution in [0.15, 0.2) is 12.1 Å². The van der Waals surface area contributed by atoms with Crippen LogP contribution in [0, 0.1) is 11.6 Å². The SMILES string of the molecule is NC(=S)c1cc(F)c(N2CCCCCC2CO)c(F)c1. The molecule has 3 N–H and O–H groups in total. The Morgan fingerprint density at radius 3 is 2.50 bits per heavy atom. The molecular formula is C14H18F2N2OS. The van der Waals surface area contributed by atoms with Crippen molar-refractivity contribution in [1.29, 1.82) is 0 Å². The van der Waals surface area contributed by atoms with Gasteiger partial charge in [0.25, 0.3) is 0 Å². The van der Waals surface area contributed by atoms with Gasteiger partial charge in [-0.3, -0.25) is 0 Å². The van der Waals surface area contributed by atoms with Crippen LogP contribution in [0.1, 0.15) is 31.2 Å². The van der Waals surface area contributed by atoms with Gasteiger partial charge in [0.1, 0.15) is 22.3 Å². The molecule has 0 spiro atoms. The van der Waals surface area contributed by atoms with Crippen molar-refractivity contribution in [2.45, 2.75) is 31.7 Å².